The van der Waals surface area contributed by atoms with Crippen molar-refractivity contribution in [2.45, 2.75) is 18.3 Å². The first-order valence-corrected chi connectivity index (χ1v) is 10.2. The Hall–Kier alpha value is -3.40. The van der Waals surface area contributed by atoms with Crippen LogP contribution in [0.4, 0.5) is 0 Å². The molecule has 0 saturated heterocycles. The molecule has 0 unspecified atom stereocenters. The zero-order chi connectivity index (χ0) is 19.4. The minimum atomic E-state index is -0.0390. The summed E-state index contributed by atoms with van der Waals surface area (Å²) in [5.41, 5.74) is 7.23. The van der Waals surface area contributed by atoms with Crippen LogP contribution in [0.3, 0.4) is 0 Å². The number of rotatable bonds is 3. The Morgan fingerprint density at radius 1 is 0.931 bits per heavy atom. The Morgan fingerprint density at radius 3 is 2.34 bits per heavy atom. The number of nitrogens with zero attached hydrogens (tertiary/aromatic N) is 1. The van der Waals surface area contributed by atoms with Crippen molar-refractivity contribution >= 4 is 16.8 Å². The van der Waals surface area contributed by atoms with Crippen LogP contribution >= 0.6 is 0 Å². The van der Waals surface area contributed by atoms with Gasteiger partial charge < -0.3 is 5.32 Å². The number of para-hydroxylation sites is 1. The molecule has 0 spiro atoms. The van der Waals surface area contributed by atoms with Crippen LogP contribution in [0.15, 0.2) is 72.9 Å². The maximum Gasteiger partial charge on any atom is 0.253 e. The SMILES string of the molecule is O=C(NC[C@@H]1CC2c3ccccc3C1c1ccccc12)c1cccc2cn[nH]c12. The monoisotopic (exact) mass is 379 g/mol. The number of carbonyl (C=O) groups excluding carboxylic acids is 1. The largest absolute Gasteiger partial charge is 0.352 e. The number of nitrogens with one attached hydrogen (secondary N) is 2. The first-order chi connectivity index (χ1) is 14.3. The van der Waals surface area contributed by atoms with Crippen LogP contribution in [0.1, 0.15) is 50.9 Å². The number of hydrogen-bond acceptors (Lipinski definition) is 2. The molecule has 3 aliphatic carbocycles. The lowest BCUT2D eigenvalue weighted by Crippen LogP contribution is -2.39. The first-order valence-electron chi connectivity index (χ1n) is 10.2. The van der Waals surface area contributed by atoms with Gasteiger partial charge in [-0.1, -0.05) is 60.7 Å². The summed E-state index contributed by atoms with van der Waals surface area (Å²) in [6, 6.07) is 23.4. The van der Waals surface area contributed by atoms with Gasteiger partial charge in [0, 0.05) is 23.8 Å². The molecule has 4 nitrogen and oxygen atoms in total. The normalized spacial score (nSPS) is 21.6. The van der Waals surface area contributed by atoms with Crippen molar-refractivity contribution in [3.05, 3.63) is 101 Å². The first kappa shape index (κ1) is 16.5. The van der Waals surface area contributed by atoms with Gasteiger partial charge in [0.05, 0.1) is 17.3 Å². The number of fused-ring (bicyclic) bond motifs is 2. The molecule has 1 atom stereocenters. The molecule has 2 N–H and O–H groups in total. The summed E-state index contributed by atoms with van der Waals surface area (Å²) in [4.78, 5) is 12.9. The second-order valence-electron chi connectivity index (χ2n) is 8.13. The number of amides is 1. The quantitative estimate of drug-likeness (QED) is 0.547. The van der Waals surface area contributed by atoms with Crippen molar-refractivity contribution in [1.29, 1.82) is 0 Å². The van der Waals surface area contributed by atoms with Crippen molar-refractivity contribution in [3.8, 4) is 0 Å². The van der Waals surface area contributed by atoms with Gasteiger partial charge in [-0.25, -0.2) is 0 Å². The highest BCUT2D eigenvalue weighted by molar-refractivity contribution is 6.05. The van der Waals surface area contributed by atoms with Crippen molar-refractivity contribution < 1.29 is 4.79 Å². The minimum absolute atomic E-state index is 0.0390. The van der Waals surface area contributed by atoms with Crippen LogP contribution in [0, 0.1) is 5.92 Å². The summed E-state index contributed by atoms with van der Waals surface area (Å²) in [5.74, 6) is 1.12. The van der Waals surface area contributed by atoms with Crippen LogP contribution in [0.25, 0.3) is 10.9 Å². The molecular weight excluding hydrogens is 358 g/mol. The summed E-state index contributed by atoms with van der Waals surface area (Å²) in [7, 11) is 0. The maximum absolute atomic E-state index is 12.9. The Balaban J connectivity index is 1.31. The zero-order valence-electron chi connectivity index (χ0n) is 15.9. The van der Waals surface area contributed by atoms with E-state index < -0.39 is 0 Å². The van der Waals surface area contributed by atoms with Gasteiger partial charge in [0.2, 0.25) is 0 Å². The van der Waals surface area contributed by atoms with E-state index in [1.165, 1.54) is 22.3 Å². The predicted molar refractivity (Wildman–Crippen MR) is 113 cm³/mol. The third-order valence-corrected chi connectivity index (χ3v) is 6.67. The topological polar surface area (TPSA) is 57.8 Å². The fourth-order valence-corrected chi connectivity index (χ4v) is 5.44. The van der Waals surface area contributed by atoms with Crippen molar-refractivity contribution in [2.75, 3.05) is 6.54 Å². The molecule has 3 aliphatic rings. The highest BCUT2D eigenvalue weighted by Crippen LogP contribution is 2.55. The summed E-state index contributed by atoms with van der Waals surface area (Å²) in [6.07, 6.45) is 2.83. The van der Waals surface area contributed by atoms with Crippen LogP contribution in [-0.2, 0) is 0 Å². The highest BCUT2D eigenvalue weighted by atomic mass is 16.1. The van der Waals surface area contributed by atoms with Crippen molar-refractivity contribution in [1.82, 2.24) is 15.5 Å². The minimum Gasteiger partial charge on any atom is -0.352 e. The number of aromatic nitrogens is 2. The second kappa shape index (κ2) is 6.31. The van der Waals surface area contributed by atoms with Crippen LogP contribution in [0.5, 0.6) is 0 Å². The molecule has 0 saturated carbocycles. The molecule has 7 rings (SSSR count). The van der Waals surface area contributed by atoms with E-state index in [-0.39, 0.29) is 5.91 Å². The Labute approximate surface area is 169 Å². The molecule has 1 amide bonds. The van der Waals surface area contributed by atoms with Gasteiger partial charge >= 0.3 is 0 Å². The number of hydrogen-bond donors (Lipinski definition) is 2. The maximum atomic E-state index is 12.9. The fraction of sp³-hybridized carbons (Fsp3) is 0.200. The molecule has 142 valence electrons. The molecule has 0 radical (unpaired) electrons. The summed E-state index contributed by atoms with van der Waals surface area (Å²) < 4.78 is 0. The molecule has 4 heteroatoms. The van der Waals surface area contributed by atoms with E-state index in [1.54, 1.807) is 6.20 Å². The number of benzene rings is 3. The average molecular weight is 379 g/mol. The molecule has 0 aliphatic heterocycles. The fourth-order valence-electron chi connectivity index (χ4n) is 5.44. The van der Waals surface area contributed by atoms with Gasteiger partial charge in [0.1, 0.15) is 0 Å². The van der Waals surface area contributed by atoms with Crippen molar-refractivity contribution in [2.24, 2.45) is 5.92 Å². The second-order valence-corrected chi connectivity index (χ2v) is 8.13. The lowest BCUT2D eigenvalue weighted by atomic mass is 9.59. The molecule has 1 heterocycles. The molecule has 0 fully saturated rings. The van der Waals surface area contributed by atoms with Gasteiger partial charge in [0.25, 0.3) is 5.91 Å². The number of aromatic amines is 1. The summed E-state index contributed by atoms with van der Waals surface area (Å²) in [6.45, 7) is 0.674. The van der Waals surface area contributed by atoms with Gasteiger partial charge in [-0.15, -0.1) is 0 Å². The molecule has 1 aromatic heterocycles. The summed E-state index contributed by atoms with van der Waals surface area (Å²) >= 11 is 0. The molecule has 29 heavy (non-hydrogen) atoms. The standard InChI is InChI=1S/C25H21N3O/c29-25(21-11-5-6-15-14-27-28-24(15)21)26-13-16-12-22-17-7-1-3-9-19(17)23(16)20-10-4-2-8-18(20)22/h1-11,14,16,22-23H,12-13H2,(H,26,29)(H,27,28)/t16-,22?,23?/m0/s1. The van der Waals surface area contributed by atoms with E-state index in [0.717, 1.165) is 17.3 Å². The smallest absolute Gasteiger partial charge is 0.253 e. The van der Waals surface area contributed by atoms with E-state index >= 15 is 0 Å². The van der Waals surface area contributed by atoms with E-state index in [9.17, 15) is 4.79 Å². The summed E-state index contributed by atoms with van der Waals surface area (Å²) in [5, 5.41) is 11.2. The van der Waals surface area contributed by atoms with Gasteiger partial charge in [0.15, 0.2) is 0 Å². The van der Waals surface area contributed by atoms with Crippen LogP contribution in [0.2, 0.25) is 0 Å². The molecule has 3 aromatic carbocycles. The third kappa shape index (κ3) is 2.45. The average Bonchev–Trinajstić information content (AvgIpc) is 3.26. The zero-order valence-corrected chi connectivity index (χ0v) is 15.9. The number of carbonyl (C=O) groups is 1. The van der Waals surface area contributed by atoms with E-state index in [0.29, 0.717) is 29.9 Å². The van der Waals surface area contributed by atoms with E-state index in [2.05, 4.69) is 64.0 Å². The molecule has 2 bridgehead atoms. The van der Waals surface area contributed by atoms with Crippen LogP contribution < -0.4 is 5.32 Å². The Kier molecular flexibility index (Phi) is 3.60. The van der Waals surface area contributed by atoms with Gasteiger partial charge in [-0.05, 0) is 40.7 Å². The lowest BCUT2D eigenvalue weighted by Gasteiger charge is -2.45. The third-order valence-electron chi connectivity index (χ3n) is 6.67. The number of H-pyrrole nitrogens is 1. The van der Waals surface area contributed by atoms with Gasteiger partial charge in [-0.2, -0.15) is 5.10 Å². The van der Waals surface area contributed by atoms with E-state index in [1.807, 2.05) is 18.2 Å². The lowest BCUT2D eigenvalue weighted by molar-refractivity contribution is 0.0944. The van der Waals surface area contributed by atoms with Crippen LogP contribution in [-0.4, -0.2) is 22.6 Å². The Bertz CT molecular complexity index is 1190. The van der Waals surface area contributed by atoms with Crippen molar-refractivity contribution in [3.63, 3.8) is 0 Å². The molecule has 4 aromatic rings. The predicted octanol–water partition coefficient (Wildman–Crippen LogP) is 4.59. The van der Waals surface area contributed by atoms with E-state index in [4.69, 9.17) is 0 Å². The molecular formula is C25H21N3O. The Morgan fingerprint density at radius 2 is 1.62 bits per heavy atom. The highest BCUT2D eigenvalue weighted by Gasteiger charge is 2.42. The van der Waals surface area contributed by atoms with Gasteiger partial charge in [-0.3, -0.25) is 9.89 Å².